The molecule has 4 heteroatoms. The quantitative estimate of drug-likeness (QED) is 0.377. The summed E-state index contributed by atoms with van der Waals surface area (Å²) in [6, 6.07) is 0.865. The lowest BCUT2D eigenvalue weighted by Crippen LogP contribution is -2.28. The standard InChI is InChI=1S/C11H24Cl2OSi/c1-5-6-7-8-10(9-15(12)13)14-11(2,3)4/h10,15H,5-9H2,1-4H3. The third-order valence-electron chi connectivity index (χ3n) is 2.09. The minimum absolute atomic E-state index is 0.0893. The summed E-state index contributed by atoms with van der Waals surface area (Å²) in [5.74, 6) is 0. The first-order chi connectivity index (χ1) is 6.85. The Morgan fingerprint density at radius 2 is 1.80 bits per heavy atom. The maximum Gasteiger partial charge on any atom is 0.239 e. The molecule has 1 atom stereocenters. The molecule has 92 valence electrons. The van der Waals surface area contributed by atoms with Crippen molar-refractivity contribution in [1.29, 1.82) is 0 Å². The molecule has 0 aliphatic heterocycles. The molecule has 0 saturated carbocycles. The number of ether oxygens (including phenoxy) is 1. The Labute approximate surface area is 105 Å². The van der Waals surface area contributed by atoms with E-state index in [2.05, 4.69) is 27.7 Å². The largest absolute Gasteiger partial charge is 0.373 e. The van der Waals surface area contributed by atoms with Crippen LogP contribution in [0.4, 0.5) is 0 Å². The van der Waals surface area contributed by atoms with E-state index in [0.29, 0.717) is 0 Å². The molecule has 0 heterocycles. The highest BCUT2D eigenvalue weighted by Gasteiger charge is 2.21. The molecular weight excluding hydrogens is 247 g/mol. The molecular formula is C11H24Cl2OSi. The SMILES string of the molecule is CCCCCC(C[SiH](Cl)Cl)OC(C)(C)C. The molecule has 1 nitrogen and oxygen atoms in total. The van der Waals surface area contributed by atoms with Crippen LogP contribution in [0.5, 0.6) is 0 Å². The van der Waals surface area contributed by atoms with Crippen LogP contribution in [0.2, 0.25) is 6.04 Å². The van der Waals surface area contributed by atoms with Crippen LogP contribution in [0.1, 0.15) is 53.4 Å². The van der Waals surface area contributed by atoms with Crippen molar-refractivity contribution in [2.45, 2.75) is 71.1 Å². The second-order valence-corrected chi connectivity index (χ2v) is 10.1. The second-order valence-electron chi connectivity index (χ2n) is 4.97. The van der Waals surface area contributed by atoms with Crippen molar-refractivity contribution in [2.24, 2.45) is 0 Å². The fourth-order valence-corrected chi connectivity index (χ4v) is 3.47. The molecule has 0 spiro atoms. The van der Waals surface area contributed by atoms with Crippen molar-refractivity contribution < 1.29 is 4.74 Å². The summed E-state index contributed by atoms with van der Waals surface area (Å²) in [7, 11) is -1.55. The van der Waals surface area contributed by atoms with E-state index in [1.165, 1.54) is 19.3 Å². The third-order valence-corrected chi connectivity index (χ3v) is 4.04. The van der Waals surface area contributed by atoms with Crippen molar-refractivity contribution in [1.82, 2.24) is 0 Å². The molecule has 0 aromatic heterocycles. The topological polar surface area (TPSA) is 9.23 Å². The second kappa shape index (κ2) is 7.94. The van der Waals surface area contributed by atoms with Crippen molar-refractivity contribution in [3.05, 3.63) is 0 Å². The lowest BCUT2D eigenvalue weighted by atomic mass is 10.1. The van der Waals surface area contributed by atoms with Gasteiger partial charge in [0.25, 0.3) is 0 Å². The first-order valence-corrected chi connectivity index (χ1v) is 10.1. The predicted molar refractivity (Wildman–Crippen MR) is 72.4 cm³/mol. The highest BCUT2D eigenvalue weighted by molar-refractivity contribution is 7.33. The Morgan fingerprint density at radius 3 is 2.20 bits per heavy atom. The Kier molecular flexibility index (Phi) is 8.34. The molecule has 0 aliphatic rings. The molecule has 1 unspecified atom stereocenters. The molecule has 0 aliphatic carbocycles. The summed E-state index contributed by atoms with van der Waals surface area (Å²) in [4.78, 5) is 0. The van der Waals surface area contributed by atoms with Crippen LogP contribution >= 0.6 is 22.2 Å². The number of halogens is 2. The lowest BCUT2D eigenvalue weighted by molar-refractivity contribution is -0.0547. The number of hydrogen-bond donors (Lipinski definition) is 0. The van der Waals surface area contributed by atoms with E-state index in [0.717, 1.165) is 12.5 Å². The normalized spacial score (nSPS) is 14.6. The van der Waals surface area contributed by atoms with Crippen LogP contribution in [0.25, 0.3) is 0 Å². The number of rotatable bonds is 7. The van der Waals surface area contributed by atoms with Crippen molar-refractivity contribution >= 4 is 29.6 Å². The molecule has 0 N–H and O–H groups in total. The zero-order valence-corrected chi connectivity index (χ0v) is 13.0. The molecule has 0 radical (unpaired) electrons. The van der Waals surface area contributed by atoms with Crippen LogP contribution in [-0.4, -0.2) is 19.1 Å². The van der Waals surface area contributed by atoms with Crippen molar-refractivity contribution in [3.63, 3.8) is 0 Å². The van der Waals surface area contributed by atoms with Gasteiger partial charge in [0.2, 0.25) is 7.42 Å². The van der Waals surface area contributed by atoms with E-state index in [-0.39, 0.29) is 11.7 Å². The van der Waals surface area contributed by atoms with Crippen LogP contribution in [0.3, 0.4) is 0 Å². The Hall–Kier alpha value is 0.757. The van der Waals surface area contributed by atoms with Gasteiger partial charge in [0.05, 0.1) is 11.7 Å². The predicted octanol–water partition coefficient (Wildman–Crippen LogP) is 4.45. The average molecular weight is 271 g/mol. The van der Waals surface area contributed by atoms with Gasteiger partial charge < -0.3 is 4.74 Å². The van der Waals surface area contributed by atoms with E-state index >= 15 is 0 Å². The molecule has 0 bridgehead atoms. The Morgan fingerprint density at radius 1 is 1.20 bits per heavy atom. The number of unbranched alkanes of at least 4 members (excludes halogenated alkanes) is 2. The monoisotopic (exact) mass is 270 g/mol. The first-order valence-electron chi connectivity index (χ1n) is 5.81. The third kappa shape index (κ3) is 11.0. The summed E-state index contributed by atoms with van der Waals surface area (Å²) in [6.07, 6.45) is 5.06. The van der Waals surface area contributed by atoms with Gasteiger partial charge in [0.15, 0.2) is 0 Å². The first kappa shape index (κ1) is 15.8. The fraction of sp³-hybridized carbons (Fsp3) is 1.00. The Balaban J connectivity index is 3.95. The molecule has 0 fully saturated rings. The van der Waals surface area contributed by atoms with E-state index < -0.39 is 7.42 Å². The van der Waals surface area contributed by atoms with E-state index in [1.54, 1.807) is 0 Å². The van der Waals surface area contributed by atoms with Gasteiger partial charge in [-0.15, -0.1) is 0 Å². The van der Waals surface area contributed by atoms with E-state index in [4.69, 9.17) is 26.9 Å². The maximum absolute atomic E-state index is 5.96. The van der Waals surface area contributed by atoms with E-state index in [9.17, 15) is 0 Å². The van der Waals surface area contributed by atoms with E-state index in [1.807, 2.05) is 0 Å². The van der Waals surface area contributed by atoms with Gasteiger partial charge >= 0.3 is 0 Å². The molecule has 0 saturated heterocycles. The summed E-state index contributed by atoms with van der Waals surface area (Å²) < 4.78 is 5.96. The number of hydrogen-bond acceptors (Lipinski definition) is 1. The molecule has 0 aromatic carbocycles. The van der Waals surface area contributed by atoms with Crippen LogP contribution in [0.15, 0.2) is 0 Å². The van der Waals surface area contributed by atoms with Crippen molar-refractivity contribution in [3.8, 4) is 0 Å². The highest BCUT2D eigenvalue weighted by atomic mass is 35.7. The fourth-order valence-electron chi connectivity index (χ4n) is 1.55. The molecule has 0 amide bonds. The molecule has 0 rings (SSSR count). The lowest BCUT2D eigenvalue weighted by Gasteiger charge is -2.27. The zero-order valence-electron chi connectivity index (χ0n) is 10.4. The summed E-state index contributed by atoms with van der Waals surface area (Å²) >= 11 is 11.9. The molecule has 15 heavy (non-hydrogen) atoms. The van der Waals surface area contributed by atoms with Crippen LogP contribution in [-0.2, 0) is 4.74 Å². The summed E-state index contributed by atoms with van der Waals surface area (Å²) in [6.45, 7) is 8.46. The van der Waals surface area contributed by atoms with Crippen LogP contribution < -0.4 is 0 Å². The van der Waals surface area contributed by atoms with Gasteiger partial charge in [-0.25, -0.2) is 0 Å². The van der Waals surface area contributed by atoms with Gasteiger partial charge in [-0.05, 0) is 33.2 Å². The van der Waals surface area contributed by atoms with Gasteiger partial charge in [0.1, 0.15) is 0 Å². The summed E-state index contributed by atoms with van der Waals surface area (Å²) in [5.41, 5.74) is -0.0893. The minimum atomic E-state index is -1.55. The average Bonchev–Trinajstić information content (AvgIpc) is 2.00. The molecule has 0 aromatic rings. The minimum Gasteiger partial charge on any atom is -0.373 e. The van der Waals surface area contributed by atoms with Gasteiger partial charge in [-0.2, -0.15) is 22.2 Å². The smallest absolute Gasteiger partial charge is 0.239 e. The zero-order chi connectivity index (χ0) is 11.9. The van der Waals surface area contributed by atoms with Gasteiger partial charge in [-0.1, -0.05) is 26.2 Å². The summed E-state index contributed by atoms with van der Waals surface area (Å²) in [5, 5.41) is 0. The van der Waals surface area contributed by atoms with Gasteiger partial charge in [-0.3, -0.25) is 0 Å². The van der Waals surface area contributed by atoms with Crippen molar-refractivity contribution in [2.75, 3.05) is 0 Å². The van der Waals surface area contributed by atoms with Crippen LogP contribution in [0, 0.1) is 0 Å². The van der Waals surface area contributed by atoms with Gasteiger partial charge in [0, 0.05) is 0 Å². The maximum atomic E-state index is 5.96. The Bertz CT molecular complexity index is 157. The highest BCUT2D eigenvalue weighted by Crippen LogP contribution is 2.21.